The van der Waals surface area contributed by atoms with E-state index in [4.69, 9.17) is 15.7 Å². The lowest BCUT2D eigenvalue weighted by molar-refractivity contribution is 0.198. The van der Waals surface area contributed by atoms with Gasteiger partial charge in [-0.3, -0.25) is 0 Å². The van der Waals surface area contributed by atoms with Crippen LogP contribution >= 0.6 is 0 Å². The highest BCUT2D eigenvalue weighted by Crippen LogP contribution is 2.16. The number of nitrogens with two attached hydrogens (primary N) is 1. The third-order valence-corrected chi connectivity index (χ3v) is 3.12. The first-order chi connectivity index (χ1) is 9.56. The number of aryl methyl sites for hydroxylation is 1. The largest absolute Gasteiger partial charge is 0.475 e. The molecule has 0 saturated carbocycles. The molecule has 1 aromatic heterocycles. The van der Waals surface area contributed by atoms with Crippen LogP contribution in [0.25, 0.3) is 0 Å². The highest BCUT2D eigenvalue weighted by Gasteiger charge is 2.09. The van der Waals surface area contributed by atoms with E-state index < -0.39 is 0 Å². The molecule has 0 bridgehead atoms. The Bertz CT molecular complexity index is 447. The van der Waals surface area contributed by atoms with Crippen LogP contribution in [0.15, 0.2) is 17.3 Å². The van der Waals surface area contributed by atoms with Crippen LogP contribution in [0.3, 0.4) is 0 Å². The van der Waals surface area contributed by atoms with Crippen LogP contribution in [0.5, 0.6) is 5.88 Å². The van der Waals surface area contributed by atoms with Gasteiger partial charge in [0.15, 0.2) is 5.84 Å². The van der Waals surface area contributed by atoms with E-state index in [1.165, 1.54) is 19.3 Å². The van der Waals surface area contributed by atoms with Gasteiger partial charge in [-0.2, -0.15) is 0 Å². The van der Waals surface area contributed by atoms with Crippen molar-refractivity contribution in [2.45, 2.75) is 59.0 Å². The van der Waals surface area contributed by atoms with Crippen LogP contribution in [0, 0.1) is 6.92 Å². The smallest absolute Gasteiger partial charge is 0.214 e. The van der Waals surface area contributed by atoms with E-state index >= 15 is 0 Å². The summed E-state index contributed by atoms with van der Waals surface area (Å²) in [5, 5.41) is 11.7. The zero-order chi connectivity index (χ0) is 15.0. The highest BCUT2D eigenvalue weighted by molar-refractivity contribution is 5.97. The van der Waals surface area contributed by atoms with Crippen molar-refractivity contribution in [1.29, 1.82) is 0 Å². The molecule has 5 heteroatoms. The molecule has 1 rings (SSSR count). The van der Waals surface area contributed by atoms with Crippen molar-refractivity contribution in [1.82, 2.24) is 4.98 Å². The molecule has 0 aliphatic heterocycles. The minimum atomic E-state index is 0.0657. The molecule has 0 aromatic carbocycles. The van der Waals surface area contributed by atoms with Crippen molar-refractivity contribution < 1.29 is 9.94 Å². The van der Waals surface area contributed by atoms with Gasteiger partial charge >= 0.3 is 0 Å². The van der Waals surface area contributed by atoms with E-state index in [0.29, 0.717) is 11.4 Å². The first-order valence-electron chi connectivity index (χ1n) is 7.20. The van der Waals surface area contributed by atoms with Crippen molar-refractivity contribution in [3.8, 4) is 5.88 Å². The standard InChI is InChI=1S/C15H25N3O2/c1-4-5-6-7-8-12(3)20-14-10-13(15(16)18-19)9-11(2)17-14/h9-10,12,19H,4-8H2,1-3H3,(H2,16,18). The van der Waals surface area contributed by atoms with E-state index in [9.17, 15) is 0 Å². The van der Waals surface area contributed by atoms with Gasteiger partial charge < -0.3 is 15.7 Å². The molecule has 5 nitrogen and oxygen atoms in total. The van der Waals surface area contributed by atoms with Gasteiger partial charge in [-0.1, -0.05) is 31.3 Å². The number of amidine groups is 1. The minimum Gasteiger partial charge on any atom is -0.475 e. The van der Waals surface area contributed by atoms with Crippen LogP contribution in [0.1, 0.15) is 57.2 Å². The molecule has 1 unspecified atom stereocenters. The van der Waals surface area contributed by atoms with Crippen LogP contribution in [0.4, 0.5) is 0 Å². The monoisotopic (exact) mass is 279 g/mol. The molecular formula is C15H25N3O2. The third-order valence-electron chi connectivity index (χ3n) is 3.12. The lowest BCUT2D eigenvalue weighted by Crippen LogP contribution is -2.16. The fraction of sp³-hybridized carbons (Fsp3) is 0.600. The summed E-state index contributed by atoms with van der Waals surface area (Å²) in [6.07, 6.45) is 6.02. The van der Waals surface area contributed by atoms with Gasteiger partial charge in [0.25, 0.3) is 0 Å². The number of aromatic nitrogens is 1. The Morgan fingerprint density at radius 2 is 2.15 bits per heavy atom. The molecule has 0 aliphatic carbocycles. The van der Waals surface area contributed by atoms with Crippen molar-refractivity contribution in [2.24, 2.45) is 10.9 Å². The second kappa shape index (κ2) is 8.40. The fourth-order valence-corrected chi connectivity index (χ4v) is 2.03. The molecule has 1 atom stereocenters. The van der Waals surface area contributed by atoms with Gasteiger partial charge in [0, 0.05) is 17.3 Å². The minimum absolute atomic E-state index is 0.0657. The van der Waals surface area contributed by atoms with E-state index in [0.717, 1.165) is 18.5 Å². The Kier molecular flexibility index (Phi) is 6.84. The predicted molar refractivity (Wildman–Crippen MR) is 80.3 cm³/mol. The maximum absolute atomic E-state index is 8.72. The second-order valence-electron chi connectivity index (χ2n) is 5.10. The molecule has 0 spiro atoms. The lowest BCUT2D eigenvalue weighted by atomic mass is 10.1. The van der Waals surface area contributed by atoms with E-state index in [1.54, 1.807) is 12.1 Å². The normalized spacial score (nSPS) is 13.2. The van der Waals surface area contributed by atoms with Gasteiger partial charge in [-0.25, -0.2) is 4.98 Å². The number of hydrogen-bond acceptors (Lipinski definition) is 4. The molecule has 1 aromatic rings. The van der Waals surface area contributed by atoms with Crippen molar-refractivity contribution >= 4 is 5.84 Å². The Labute approximate surface area is 120 Å². The summed E-state index contributed by atoms with van der Waals surface area (Å²) in [6.45, 7) is 6.09. The van der Waals surface area contributed by atoms with E-state index in [-0.39, 0.29) is 11.9 Å². The average molecular weight is 279 g/mol. The van der Waals surface area contributed by atoms with Crippen LogP contribution in [0.2, 0.25) is 0 Å². The first kappa shape index (κ1) is 16.3. The number of unbranched alkanes of at least 4 members (excludes halogenated alkanes) is 3. The van der Waals surface area contributed by atoms with Crippen molar-refractivity contribution in [3.05, 3.63) is 23.4 Å². The molecule has 0 radical (unpaired) electrons. The summed E-state index contributed by atoms with van der Waals surface area (Å²) in [5.41, 5.74) is 6.99. The number of hydrogen-bond donors (Lipinski definition) is 2. The molecule has 20 heavy (non-hydrogen) atoms. The van der Waals surface area contributed by atoms with Crippen LogP contribution < -0.4 is 10.5 Å². The number of ether oxygens (including phenoxy) is 1. The Morgan fingerprint density at radius 1 is 1.40 bits per heavy atom. The second-order valence-corrected chi connectivity index (χ2v) is 5.10. The van der Waals surface area contributed by atoms with Gasteiger partial charge in [0.05, 0.1) is 6.10 Å². The maximum atomic E-state index is 8.72. The quantitative estimate of drug-likeness (QED) is 0.252. The van der Waals surface area contributed by atoms with Gasteiger partial charge in [-0.15, -0.1) is 0 Å². The molecule has 0 aliphatic rings. The Balaban J connectivity index is 2.60. The number of nitrogens with zero attached hydrogens (tertiary/aromatic N) is 2. The maximum Gasteiger partial charge on any atom is 0.214 e. The molecule has 0 saturated heterocycles. The molecule has 1 heterocycles. The summed E-state index contributed by atoms with van der Waals surface area (Å²) in [7, 11) is 0. The summed E-state index contributed by atoms with van der Waals surface area (Å²) in [4.78, 5) is 4.32. The predicted octanol–water partition coefficient (Wildman–Crippen LogP) is 3.22. The highest BCUT2D eigenvalue weighted by atomic mass is 16.5. The zero-order valence-electron chi connectivity index (χ0n) is 12.6. The lowest BCUT2D eigenvalue weighted by Gasteiger charge is -2.15. The topological polar surface area (TPSA) is 80.7 Å². The fourth-order valence-electron chi connectivity index (χ4n) is 2.03. The van der Waals surface area contributed by atoms with Crippen molar-refractivity contribution in [3.63, 3.8) is 0 Å². The number of rotatable bonds is 8. The summed E-state index contributed by atoms with van der Waals surface area (Å²) >= 11 is 0. The Hall–Kier alpha value is -1.78. The molecule has 112 valence electrons. The van der Waals surface area contributed by atoms with Crippen molar-refractivity contribution in [2.75, 3.05) is 0 Å². The van der Waals surface area contributed by atoms with Crippen LogP contribution in [-0.2, 0) is 0 Å². The van der Waals surface area contributed by atoms with E-state index in [2.05, 4.69) is 17.1 Å². The van der Waals surface area contributed by atoms with Gasteiger partial charge in [-0.05, 0) is 32.8 Å². The van der Waals surface area contributed by atoms with Gasteiger partial charge in [0.2, 0.25) is 5.88 Å². The molecule has 0 amide bonds. The number of oxime groups is 1. The number of pyridine rings is 1. The SMILES string of the molecule is CCCCCCC(C)Oc1cc(/C(N)=N/O)cc(C)n1. The van der Waals surface area contributed by atoms with E-state index in [1.807, 2.05) is 13.8 Å². The summed E-state index contributed by atoms with van der Waals surface area (Å²) in [5.74, 6) is 0.588. The summed E-state index contributed by atoms with van der Waals surface area (Å²) in [6, 6.07) is 3.46. The molecule has 0 fully saturated rings. The zero-order valence-corrected chi connectivity index (χ0v) is 12.6. The summed E-state index contributed by atoms with van der Waals surface area (Å²) < 4.78 is 5.81. The third kappa shape index (κ3) is 5.47. The van der Waals surface area contributed by atoms with Gasteiger partial charge in [0.1, 0.15) is 0 Å². The molecular weight excluding hydrogens is 254 g/mol. The Morgan fingerprint density at radius 3 is 2.80 bits per heavy atom. The first-order valence-corrected chi connectivity index (χ1v) is 7.20. The molecule has 3 N–H and O–H groups in total. The average Bonchev–Trinajstić information content (AvgIpc) is 2.42. The van der Waals surface area contributed by atoms with Crippen LogP contribution in [-0.4, -0.2) is 22.1 Å².